The fourth-order valence-corrected chi connectivity index (χ4v) is 3.65. The third-order valence-corrected chi connectivity index (χ3v) is 5.48. The third-order valence-electron chi connectivity index (χ3n) is 5.48. The molecule has 0 bridgehead atoms. The molecule has 0 saturated carbocycles. The molecule has 2 aromatic carbocycles. The summed E-state index contributed by atoms with van der Waals surface area (Å²) in [6.07, 6.45) is 5.21. The maximum Gasteiger partial charge on any atom is 0.246 e. The SMILES string of the molecule is Cc1ccccc1CN1CCN(C(=O)C=Cc2cn(Cc3ccccc3)nn2)CC1. The van der Waals surface area contributed by atoms with Crippen LogP contribution in [-0.2, 0) is 17.9 Å². The van der Waals surface area contributed by atoms with E-state index in [0.717, 1.165) is 38.3 Å². The molecule has 0 spiro atoms. The highest BCUT2D eigenvalue weighted by Crippen LogP contribution is 2.13. The van der Waals surface area contributed by atoms with Crippen LogP contribution in [0.1, 0.15) is 22.4 Å². The zero-order valence-electron chi connectivity index (χ0n) is 17.3. The number of nitrogens with zero attached hydrogens (tertiary/aromatic N) is 5. The van der Waals surface area contributed by atoms with E-state index in [1.165, 1.54) is 11.1 Å². The molecule has 2 heterocycles. The molecule has 6 nitrogen and oxygen atoms in total. The highest BCUT2D eigenvalue weighted by atomic mass is 16.2. The zero-order chi connectivity index (χ0) is 20.8. The van der Waals surface area contributed by atoms with Crippen molar-refractivity contribution in [2.75, 3.05) is 26.2 Å². The van der Waals surface area contributed by atoms with Gasteiger partial charge in [-0.1, -0.05) is 59.8 Å². The third kappa shape index (κ3) is 5.21. The maximum absolute atomic E-state index is 12.6. The number of carbonyl (C=O) groups is 1. The van der Waals surface area contributed by atoms with Gasteiger partial charge in [-0.25, -0.2) is 4.68 Å². The van der Waals surface area contributed by atoms with Gasteiger partial charge in [0.05, 0.1) is 12.7 Å². The Morgan fingerprint density at radius 1 is 0.967 bits per heavy atom. The van der Waals surface area contributed by atoms with Crippen molar-refractivity contribution in [3.05, 3.63) is 89.3 Å². The number of aromatic nitrogens is 3. The summed E-state index contributed by atoms with van der Waals surface area (Å²) >= 11 is 0. The molecule has 1 aliphatic rings. The molecular formula is C24H27N5O. The van der Waals surface area contributed by atoms with Gasteiger partial charge in [0.15, 0.2) is 0 Å². The summed E-state index contributed by atoms with van der Waals surface area (Å²) in [5.74, 6) is 0.0307. The lowest BCUT2D eigenvalue weighted by Gasteiger charge is -2.34. The normalized spacial score (nSPS) is 15.0. The van der Waals surface area contributed by atoms with E-state index in [0.29, 0.717) is 12.2 Å². The van der Waals surface area contributed by atoms with E-state index in [2.05, 4.69) is 58.5 Å². The summed E-state index contributed by atoms with van der Waals surface area (Å²) in [4.78, 5) is 16.9. The quantitative estimate of drug-likeness (QED) is 0.596. The van der Waals surface area contributed by atoms with Crippen LogP contribution in [0.3, 0.4) is 0 Å². The maximum atomic E-state index is 12.6. The number of rotatable bonds is 6. The Labute approximate surface area is 177 Å². The number of carbonyl (C=O) groups excluding carboxylic acids is 1. The molecule has 0 N–H and O–H groups in total. The molecule has 1 aliphatic heterocycles. The number of aryl methyl sites for hydroxylation is 1. The number of amides is 1. The van der Waals surface area contributed by atoms with Crippen molar-refractivity contribution in [1.82, 2.24) is 24.8 Å². The largest absolute Gasteiger partial charge is 0.337 e. The number of piperazine rings is 1. The standard InChI is InChI=1S/C24H27N5O/c1-20-7-5-6-10-22(20)18-27-13-15-28(16-14-27)24(30)12-11-23-19-29(26-25-23)17-21-8-3-2-4-9-21/h2-12,19H,13-18H2,1H3. The summed E-state index contributed by atoms with van der Waals surface area (Å²) < 4.78 is 1.78. The first-order valence-electron chi connectivity index (χ1n) is 10.4. The van der Waals surface area contributed by atoms with Gasteiger partial charge in [0.1, 0.15) is 5.69 Å². The second-order valence-electron chi connectivity index (χ2n) is 7.69. The Morgan fingerprint density at radius 3 is 2.47 bits per heavy atom. The Balaban J connectivity index is 1.27. The van der Waals surface area contributed by atoms with E-state index in [1.807, 2.05) is 29.3 Å². The van der Waals surface area contributed by atoms with Crippen LogP contribution >= 0.6 is 0 Å². The Hall–Kier alpha value is -3.25. The van der Waals surface area contributed by atoms with Crippen LogP contribution < -0.4 is 0 Å². The van der Waals surface area contributed by atoms with Crippen molar-refractivity contribution in [2.24, 2.45) is 0 Å². The smallest absolute Gasteiger partial charge is 0.246 e. The van der Waals surface area contributed by atoms with E-state index in [1.54, 1.807) is 16.8 Å². The Kier molecular flexibility index (Phi) is 6.35. The van der Waals surface area contributed by atoms with Gasteiger partial charge < -0.3 is 4.90 Å². The zero-order valence-corrected chi connectivity index (χ0v) is 17.3. The average molecular weight is 402 g/mol. The summed E-state index contributed by atoms with van der Waals surface area (Å²) in [6, 6.07) is 18.6. The molecule has 1 amide bonds. The van der Waals surface area contributed by atoms with E-state index in [4.69, 9.17) is 0 Å². The van der Waals surface area contributed by atoms with Crippen molar-refractivity contribution < 1.29 is 4.79 Å². The first-order chi connectivity index (χ1) is 14.7. The molecule has 0 aliphatic carbocycles. The van der Waals surface area contributed by atoms with E-state index < -0.39 is 0 Å². The number of hydrogen-bond acceptors (Lipinski definition) is 4. The van der Waals surface area contributed by atoms with E-state index in [-0.39, 0.29) is 5.91 Å². The van der Waals surface area contributed by atoms with Crippen LogP contribution in [0.2, 0.25) is 0 Å². The molecular weight excluding hydrogens is 374 g/mol. The van der Waals surface area contributed by atoms with Crippen molar-refractivity contribution in [3.8, 4) is 0 Å². The highest BCUT2D eigenvalue weighted by molar-refractivity contribution is 5.91. The van der Waals surface area contributed by atoms with Crippen LogP contribution in [0, 0.1) is 6.92 Å². The second kappa shape index (κ2) is 9.50. The molecule has 0 atom stereocenters. The molecule has 1 aromatic heterocycles. The topological polar surface area (TPSA) is 54.3 Å². The van der Waals surface area contributed by atoms with Crippen molar-refractivity contribution in [2.45, 2.75) is 20.0 Å². The van der Waals surface area contributed by atoms with Gasteiger partial charge in [0.25, 0.3) is 0 Å². The minimum Gasteiger partial charge on any atom is -0.337 e. The van der Waals surface area contributed by atoms with Gasteiger partial charge in [0, 0.05) is 38.8 Å². The number of benzene rings is 2. The van der Waals surface area contributed by atoms with Crippen LogP contribution in [0.4, 0.5) is 0 Å². The average Bonchev–Trinajstić information content (AvgIpc) is 3.22. The van der Waals surface area contributed by atoms with Crippen molar-refractivity contribution >= 4 is 12.0 Å². The summed E-state index contributed by atoms with van der Waals surface area (Å²) in [6.45, 7) is 7.03. The number of hydrogen-bond donors (Lipinski definition) is 0. The minimum absolute atomic E-state index is 0.0307. The highest BCUT2D eigenvalue weighted by Gasteiger charge is 2.20. The molecule has 0 unspecified atom stereocenters. The van der Waals surface area contributed by atoms with E-state index >= 15 is 0 Å². The molecule has 6 heteroatoms. The lowest BCUT2D eigenvalue weighted by molar-refractivity contribution is -0.127. The molecule has 4 rings (SSSR count). The molecule has 154 valence electrons. The van der Waals surface area contributed by atoms with Gasteiger partial charge >= 0.3 is 0 Å². The predicted octanol–water partition coefficient (Wildman–Crippen LogP) is 2.99. The molecule has 0 radical (unpaired) electrons. The van der Waals surface area contributed by atoms with Crippen LogP contribution in [0.5, 0.6) is 0 Å². The molecule has 1 fully saturated rings. The first-order valence-corrected chi connectivity index (χ1v) is 10.4. The van der Waals surface area contributed by atoms with Gasteiger partial charge in [0.2, 0.25) is 5.91 Å². The van der Waals surface area contributed by atoms with Crippen molar-refractivity contribution in [3.63, 3.8) is 0 Å². The van der Waals surface area contributed by atoms with Gasteiger partial charge in [-0.15, -0.1) is 5.10 Å². The van der Waals surface area contributed by atoms with Crippen LogP contribution in [0.25, 0.3) is 6.08 Å². The van der Waals surface area contributed by atoms with Crippen LogP contribution in [-0.4, -0.2) is 56.9 Å². The second-order valence-corrected chi connectivity index (χ2v) is 7.69. The fourth-order valence-electron chi connectivity index (χ4n) is 3.65. The van der Waals surface area contributed by atoms with Crippen molar-refractivity contribution in [1.29, 1.82) is 0 Å². The van der Waals surface area contributed by atoms with Gasteiger partial charge in [-0.05, 0) is 29.7 Å². The summed E-state index contributed by atoms with van der Waals surface area (Å²) in [5, 5.41) is 8.29. The predicted molar refractivity (Wildman–Crippen MR) is 118 cm³/mol. The molecule has 3 aromatic rings. The Bertz CT molecular complexity index is 1000. The lowest BCUT2D eigenvalue weighted by atomic mass is 10.1. The first kappa shape index (κ1) is 20.0. The molecule has 30 heavy (non-hydrogen) atoms. The monoisotopic (exact) mass is 401 g/mol. The molecule has 1 saturated heterocycles. The Morgan fingerprint density at radius 2 is 1.70 bits per heavy atom. The fraction of sp³-hybridized carbons (Fsp3) is 0.292. The summed E-state index contributed by atoms with van der Waals surface area (Å²) in [7, 11) is 0. The minimum atomic E-state index is 0.0307. The lowest BCUT2D eigenvalue weighted by Crippen LogP contribution is -2.47. The van der Waals surface area contributed by atoms with Crippen LogP contribution in [0.15, 0.2) is 66.9 Å². The van der Waals surface area contributed by atoms with Gasteiger partial charge in [-0.3, -0.25) is 9.69 Å². The summed E-state index contributed by atoms with van der Waals surface area (Å²) in [5.41, 5.74) is 4.53. The van der Waals surface area contributed by atoms with E-state index in [9.17, 15) is 4.79 Å². The van der Waals surface area contributed by atoms with Gasteiger partial charge in [-0.2, -0.15) is 0 Å².